The lowest BCUT2D eigenvalue weighted by Gasteiger charge is -2.37. The molecule has 1 heterocycles. The average molecular weight is 423 g/mol. The summed E-state index contributed by atoms with van der Waals surface area (Å²) < 4.78 is 23.8. The van der Waals surface area contributed by atoms with Crippen LogP contribution in [0.5, 0.6) is 0 Å². The third kappa shape index (κ3) is 7.00. The maximum atomic E-state index is 12.3. The van der Waals surface area contributed by atoms with Crippen molar-refractivity contribution in [2.75, 3.05) is 31.9 Å². The standard InChI is InChI=1S/C22H38N4O2S/c1-6-23-21(24-14-17-29(27,28)22(3,4)5)25-20-12-15-26(16-13-20)18(2)19-10-8-7-9-11-19/h7-11,18,20H,6,12-17H2,1-5H3,(H2,23,24,25). The van der Waals surface area contributed by atoms with E-state index in [0.717, 1.165) is 32.5 Å². The number of hydrogen-bond acceptors (Lipinski definition) is 4. The summed E-state index contributed by atoms with van der Waals surface area (Å²) in [6.45, 7) is 12.6. The molecule has 2 N–H and O–H groups in total. The molecule has 1 aromatic rings. The van der Waals surface area contributed by atoms with Gasteiger partial charge in [0.2, 0.25) is 0 Å². The van der Waals surface area contributed by atoms with E-state index in [1.165, 1.54) is 5.56 Å². The molecule has 0 aromatic heterocycles. The second kappa shape index (κ2) is 10.4. The van der Waals surface area contributed by atoms with Crippen molar-refractivity contribution in [3.05, 3.63) is 35.9 Å². The molecule has 164 valence electrons. The highest BCUT2D eigenvalue weighted by Gasteiger charge is 2.28. The van der Waals surface area contributed by atoms with Crippen LogP contribution in [-0.4, -0.2) is 62.0 Å². The van der Waals surface area contributed by atoms with Crippen molar-refractivity contribution >= 4 is 15.8 Å². The summed E-state index contributed by atoms with van der Waals surface area (Å²) in [5.74, 6) is 0.784. The molecule has 1 aromatic carbocycles. The zero-order chi connectivity index (χ0) is 21.5. The van der Waals surface area contributed by atoms with Gasteiger partial charge in [-0.3, -0.25) is 9.89 Å². The van der Waals surface area contributed by atoms with Gasteiger partial charge in [0.05, 0.1) is 17.0 Å². The minimum absolute atomic E-state index is 0.0696. The Labute approximate surface area is 177 Å². The molecule has 1 aliphatic rings. The van der Waals surface area contributed by atoms with Crippen LogP contribution in [0.15, 0.2) is 35.3 Å². The lowest BCUT2D eigenvalue weighted by Crippen LogP contribution is -2.49. The molecule has 0 bridgehead atoms. The molecule has 0 aliphatic carbocycles. The number of likely N-dealkylation sites (tertiary alicyclic amines) is 1. The van der Waals surface area contributed by atoms with Crippen LogP contribution in [0.25, 0.3) is 0 Å². The Kier molecular flexibility index (Phi) is 8.52. The van der Waals surface area contributed by atoms with Gasteiger partial charge in [-0.05, 0) is 53.0 Å². The Morgan fingerprint density at radius 3 is 2.38 bits per heavy atom. The first kappa shape index (κ1) is 23.7. The van der Waals surface area contributed by atoms with E-state index in [1.807, 2.05) is 6.92 Å². The zero-order valence-electron chi connectivity index (χ0n) is 18.6. The SMILES string of the molecule is CCNC(=NCCS(=O)(=O)C(C)(C)C)NC1CCN(C(C)c2ccccc2)CC1. The number of rotatable bonds is 7. The maximum absolute atomic E-state index is 12.3. The Balaban J connectivity index is 1.87. The molecule has 1 aliphatic heterocycles. The summed E-state index contributed by atoms with van der Waals surface area (Å²) in [7, 11) is -3.15. The number of nitrogens with zero attached hydrogens (tertiary/aromatic N) is 2. The molecule has 1 fully saturated rings. The number of guanidine groups is 1. The number of piperidine rings is 1. The largest absolute Gasteiger partial charge is 0.357 e. The van der Waals surface area contributed by atoms with E-state index in [2.05, 4.69) is 57.8 Å². The minimum Gasteiger partial charge on any atom is -0.357 e. The van der Waals surface area contributed by atoms with Gasteiger partial charge in [-0.15, -0.1) is 0 Å². The van der Waals surface area contributed by atoms with Crippen molar-refractivity contribution in [2.45, 2.75) is 64.3 Å². The Morgan fingerprint density at radius 2 is 1.83 bits per heavy atom. The second-order valence-electron chi connectivity index (χ2n) is 8.73. The van der Waals surface area contributed by atoms with Gasteiger partial charge in [0, 0.05) is 31.7 Å². The van der Waals surface area contributed by atoms with Crippen LogP contribution in [0.4, 0.5) is 0 Å². The molecular weight excluding hydrogens is 384 g/mol. The average Bonchev–Trinajstić information content (AvgIpc) is 2.68. The van der Waals surface area contributed by atoms with Gasteiger partial charge in [-0.2, -0.15) is 0 Å². The van der Waals surface area contributed by atoms with Crippen LogP contribution < -0.4 is 10.6 Å². The topological polar surface area (TPSA) is 73.8 Å². The molecule has 0 radical (unpaired) electrons. The quantitative estimate of drug-likeness (QED) is 0.522. The Morgan fingerprint density at radius 1 is 1.21 bits per heavy atom. The van der Waals surface area contributed by atoms with E-state index in [4.69, 9.17) is 0 Å². The van der Waals surface area contributed by atoms with Crippen molar-refractivity contribution in [1.29, 1.82) is 0 Å². The minimum atomic E-state index is -3.15. The number of nitrogens with one attached hydrogen (secondary N) is 2. The molecule has 7 heteroatoms. The van der Waals surface area contributed by atoms with Gasteiger partial charge in [-0.25, -0.2) is 8.42 Å². The van der Waals surface area contributed by atoms with Gasteiger partial charge in [0.25, 0.3) is 0 Å². The van der Waals surface area contributed by atoms with E-state index >= 15 is 0 Å². The van der Waals surface area contributed by atoms with E-state index in [0.29, 0.717) is 18.0 Å². The lowest BCUT2D eigenvalue weighted by atomic mass is 10.0. The molecule has 2 rings (SSSR count). The molecule has 0 amide bonds. The Hall–Kier alpha value is -1.60. The van der Waals surface area contributed by atoms with Gasteiger partial charge in [0.1, 0.15) is 0 Å². The van der Waals surface area contributed by atoms with Crippen molar-refractivity contribution in [1.82, 2.24) is 15.5 Å². The molecule has 0 saturated carbocycles. The molecule has 1 atom stereocenters. The van der Waals surface area contributed by atoms with E-state index in [-0.39, 0.29) is 12.3 Å². The third-order valence-electron chi connectivity index (χ3n) is 5.61. The first-order valence-electron chi connectivity index (χ1n) is 10.7. The van der Waals surface area contributed by atoms with Gasteiger partial charge >= 0.3 is 0 Å². The van der Waals surface area contributed by atoms with Gasteiger partial charge < -0.3 is 10.6 Å². The number of benzene rings is 1. The van der Waals surface area contributed by atoms with Crippen LogP contribution in [-0.2, 0) is 9.84 Å². The molecular formula is C22H38N4O2S. The monoisotopic (exact) mass is 422 g/mol. The first-order valence-corrected chi connectivity index (χ1v) is 12.4. The van der Waals surface area contributed by atoms with E-state index < -0.39 is 14.6 Å². The predicted octanol–water partition coefficient (Wildman–Crippen LogP) is 2.98. The van der Waals surface area contributed by atoms with Crippen molar-refractivity contribution in [3.8, 4) is 0 Å². The number of sulfone groups is 1. The van der Waals surface area contributed by atoms with Crippen molar-refractivity contribution in [2.24, 2.45) is 4.99 Å². The van der Waals surface area contributed by atoms with Crippen molar-refractivity contribution in [3.63, 3.8) is 0 Å². The summed E-state index contributed by atoms with van der Waals surface area (Å²) in [6, 6.07) is 11.4. The zero-order valence-corrected chi connectivity index (χ0v) is 19.4. The molecule has 6 nitrogen and oxygen atoms in total. The van der Waals surface area contributed by atoms with Gasteiger partial charge in [-0.1, -0.05) is 30.3 Å². The highest BCUT2D eigenvalue weighted by atomic mass is 32.2. The van der Waals surface area contributed by atoms with Crippen LogP contribution in [0.1, 0.15) is 59.1 Å². The number of aliphatic imine (C=N–C) groups is 1. The van der Waals surface area contributed by atoms with Crippen LogP contribution in [0, 0.1) is 0 Å². The number of hydrogen-bond donors (Lipinski definition) is 2. The van der Waals surface area contributed by atoms with Crippen LogP contribution >= 0.6 is 0 Å². The third-order valence-corrected chi connectivity index (χ3v) is 8.19. The molecule has 1 unspecified atom stereocenters. The molecule has 0 spiro atoms. The summed E-state index contributed by atoms with van der Waals surface area (Å²) in [6.07, 6.45) is 2.09. The fourth-order valence-corrected chi connectivity index (χ4v) is 4.41. The van der Waals surface area contributed by atoms with Crippen LogP contribution in [0.3, 0.4) is 0 Å². The molecule has 1 saturated heterocycles. The Bertz CT molecular complexity index is 749. The normalized spacial score (nSPS) is 18.4. The smallest absolute Gasteiger partial charge is 0.191 e. The van der Waals surface area contributed by atoms with Crippen LogP contribution in [0.2, 0.25) is 0 Å². The highest BCUT2D eigenvalue weighted by molar-refractivity contribution is 7.92. The second-order valence-corrected chi connectivity index (χ2v) is 11.6. The molecule has 29 heavy (non-hydrogen) atoms. The van der Waals surface area contributed by atoms with Gasteiger partial charge in [0.15, 0.2) is 15.8 Å². The first-order chi connectivity index (χ1) is 13.6. The summed E-state index contributed by atoms with van der Waals surface area (Å²) in [5.41, 5.74) is 1.36. The summed E-state index contributed by atoms with van der Waals surface area (Å²) in [5, 5.41) is 6.74. The maximum Gasteiger partial charge on any atom is 0.191 e. The van der Waals surface area contributed by atoms with Crippen molar-refractivity contribution < 1.29 is 8.42 Å². The fraction of sp³-hybridized carbons (Fsp3) is 0.682. The summed E-state index contributed by atoms with van der Waals surface area (Å²) in [4.78, 5) is 7.03. The van der Waals surface area contributed by atoms with E-state index in [1.54, 1.807) is 20.8 Å². The lowest BCUT2D eigenvalue weighted by molar-refractivity contribution is 0.158. The summed E-state index contributed by atoms with van der Waals surface area (Å²) >= 11 is 0. The predicted molar refractivity (Wildman–Crippen MR) is 122 cm³/mol. The highest BCUT2D eigenvalue weighted by Crippen LogP contribution is 2.24. The fourth-order valence-electron chi connectivity index (χ4n) is 3.47. The van der Waals surface area contributed by atoms with E-state index in [9.17, 15) is 8.42 Å².